The summed E-state index contributed by atoms with van der Waals surface area (Å²) >= 11 is 0. The standard InChI is InChI=1S/C26H19F2N5O4/c1-29-15-5-9-17(10-6-15)36-16-7-3-14(4-8-16)25-32-33-26(37-25)31-23-19(13-30-24(23)34)22-20(27)11-18(35-2)12-21(22)28/h3-12,19,23H,13H2,2H3,(H,30,34)(H,31,33)/t19-,23-/m0/s1. The van der Waals surface area contributed by atoms with E-state index in [2.05, 4.69) is 25.7 Å². The van der Waals surface area contributed by atoms with Crippen LogP contribution in [0.5, 0.6) is 17.2 Å². The van der Waals surface area contributed by atoms with Crippen LogP contribution in [-0.2, 0) is 4.79 Å². The lowest BCUT2D eigenvalue weighted by Crippen LogP contribution is -2.33. The van der Waals surface area contributed by atoms with Gasteiger partial charge in [0, 0.05) is 35.7 Å². The fourth-order valence-corrected chi connectivity index (χ4v) is 4.01. The van der Waals surface area contributed by atoms with E-state index in [0.717, 1.165) is 12.1 Å². The highest BCUT2D eigenvalue weighted by Gasteiger charge is 2.40. The molecule has 9 nitrogen and oxygen atoms in total. The van der Waals surface area contributed by atoms with Gasteiger partial charge in [-0.25, -0.2) is 13.6 Å². The molecule has 37 heavy (non-hydrogen) atoms. The largest absolute Gasteiger partial charge is 0.497 e. The van der Waals surface area contributed by atoms with Crippen LogP contribution >= 0.6 is 0 Å². The second-order valence-corrected chi connectivity index (χ2v) is 8.12. The molecule has 0 radical (unpaired) electrons. The third kappa shape index (κ3) is 4.90. The van der Waals surface area contributed by atoms with E-state index in [1.807, 2.05) is 0 Å². The molecule has 0 unspecified atom stereocenters. The maximum Gasteiger partial charge on any atom is 0.316 e. The number of rotatable bonds is 7. The van der Waals surface area contributed by atoms with Crippen molar-refractivity contribution in [1.82, 2.24) is 15.5 Å². The normalized spacial score (nSPS) is 16.6. The fraction of sp³-hybridized carbons (Fsp3) is 0.154. The molecule has 1 amide bonds. The predicted molar refractivity (Wildman–Crippen MR) is 129 cm³/mol. The quantitative estimate of drug-likeness (QED) is 0.340. The minimum absolute atomic E-state index is 0.0275. The van der Waals surface area contributed by atoms with Crippen LogP contribution in [0.15, 0.2) is 65.1 Å². The Kier molecular flexibility index (Phi) is 6.38. The summed E-state index contributed by atoms with van der Waals surface area (Å²) in [7, 11) is 1.31. The molecule has 0 saturated carbocycles. The number of nitrogens with zero attached hydrogens (tertiary/aromatic N) is 3. The van der Waals surface area contributed by atoms with E-state index in [1.54, 1.807) is 48.5 Å². The zero-order valence-corrected chi connectivity index (χ0v) is 19.4. The van der Waals surface area contributed by atoms with E-state index in [-0.39, 0.29) is 29.8 Å². The van der Waals surface area contributed by atoms with Gasteiger partial charge in [-0.1, -0.05) is 17.2 Å². The van der Waals surface area contributed by atoms with Crippen LogP contribution in [0.25, 0.3) is 16.3 Å². The molecule has 1 fully saturated rings. The molecule has 1 aliphatic rings. The van der Waals surface area contributed by atoms with E-state index in [0.29, 0.717) is 22.7 Å². The van der Waals surface area contributed by atoms with Crippen molar-refractivity contribution in [2.75, 3.05) is 19.0 Å². The Balaban J connectivity index is 1.30. The molecule has 3 aromatic carbocycles. The van der Waals surface area contributed by atoms with Gasteiger partial charge >= 0.3 is 6.01 Å². The van der Waals surface area contributed by atoms with Crippen molar-refractivity contribution in [2.24, 2.45) is 0 Å². The van der Waals surface area contributed by atoms with Crippen molar-refractivity contribution < 1.29 is 27.5 Å². The van der Waals surface area contributed by atoms with Crippen molar-refractivity contribution in [3.63, 3.8) is 0 Å². The van der Waals surface area contributed by atoms with Crippen LogP contribution in [0.4, 0.5) is 20.5 Å². The summed E-state index contributed by atoms with van der Waals surface area (Å²) in [5.41, 5.74) is 0.871. The lowest BCUT2D eigenvalue weighted by atomic mass is 9.93. The molecule has 2 N–H and O–H groups in total. The number of methoxy groups -OCH3 is 1. The Hall–Kier alpha value is -4.98. The van der Waals surface area contributed by atoms with E-state index in [1.165, 1.54) is 7.11 Å². The van der Waals surface area contributed by atoms with Gasteiger partial charge in [-0.3, -0.25) is 4.79 Å². The summed E-state index contributed by atoms with van der Waals surface area (Å²) in [5.74, 6) is -1.59. The van der Waals surface area contributed by atoms with Crippen LogP contribution in [0.3, 0.4) is 0 Å². The van der Waals surface area contributed by atoms with Crippen molar-refractivity contribution in [3.05, 3.63) is 89.3 Å². The molecule has 1 aromatic heterocycles. The van der Waals surface area contributed by atoms with Crippen LogP contribution in [0, 0.1) is 18.2 Å². The number of ether oxygens (including phenoxy) is 2. The van der Waals surface area contributed by atoms with Gasteiger partial charge in [-0.2, -0.15) is 0 Å². The monoisotopic (exact) mass is 503 g/mol. The van der Waals surface area contributed by atoms with Crippen LogP contribution < -0.4 is 20.1 Å². The Morgan fingerprint density at radius 3 is 2.30 bits per heavy atom. The number of amides is 1. The number of aromatic nitrogens is 2. The number of nitrogens with one attached hydrogen (secondary N) is 2. The van der Waals surface area contributed by atoms with Gasteiger partial charge in [0.15, 0.2) is 5.69 Å². The van der Waals surface area contributed by atoms with Crippen LogP contribution in [-0.4, -0.2) is 35.8 Å². The van der Waals surface area contributed by atoms with Gasteiger partial charge in [0.2, 0.25) is 11.8 Å². The molecule has 0 aliphatic carbocycles. The molecular formula is C26H19F2N5O4. The second kappa shape index (κ2) is 9.94. The van der Waals surface area contributed by atoms with E-state index in [9.17, 15) is 13.6 Å². The zero-order valence-electron chi connectivity index (χ0n) is 19.4. The molecule has 2 heterocycles. The van der Waals surface area contributed by atoms with Gasteiger partial charge in [0.1, 0.15) is 34.9 Å². The maximum atomic E-state index is 14.7. The molecule has 0 bridgehead atoms. The number of anilines is 1. The summed E-state index contributed by atoms with van der Waals surface area (Å²) in [6.45, 7) is 7.03. The molecule has 0 spiro atoms. The van der Waals surface area contributed by atoms with Crippen LogP contribution in [0.1, 0.15) is 11.5 Å². The van der Waals surface area contributed by atoms with Gasteiger partial charge < -0.3 is 24.5 Å². The third-order valence-electron chi connectivity index (χ3n) is 5.85. The fourth-order valence-electron chi connectivity index (χ4n) is 4.01. The second-order valence-electron chi connectivity index (χ2n) is 8.12. The van der Waals surface area contributed by atoms with Crippen molar-refractivity contribution in [1.29, 1.82) is 0 Å². The van der Waals surface area contributed by atoms with Gasteiger partial charge in [0.25, 0.3) is 0 Å². The highest BCUT2D eigenvalue weighted by atomic mass is 19.1. The first-order chi connectivity index (χ1) is 17.9. The number of carbonyl (C=O) groups excluding carboxylic acids is 1. The molecule has 11 heteroatoms. The highest BCUT2D eigenvalue weighted by molar-refractivity contribution is 5.88. The van der Waals surface area contributed by atoms with Crippen molar-refractivity contribution in [3.8, 4) is 28.7 Å². The Morgan fingerprint density at radius 2 is 1.68 bits per heavy atom. The molecule has 2 atom stereocenters. The van der Waals surface area contributed by atoms with Gasteiger partial charge in [0.05, 0.1) is 13.7 Å². The van der Waals surface area contributed by atoms with Crippen LogP contribution in [0.2, 0.25) is 0 Å². The predicted octanol–water partition coefficient (Wildman–Crippen LogP) is 5.06. The summed E-state index contributed by atoms with van der Waals surface area (Å²) in [4.78, 5) is 15.8. The van der Waals surface area contributed by atoms with Crippen molar-refractivity contribution in [2.45, 2.75) is 12.0 Å². The Labute approximate surface area is 209 Å². The minimum atomic E-state index is -1.03. The SMILES string of the molecule is [C-]#[N+]c1ccc(Oc2ccc(-c3nnc(N[C@@H]4C(=O)NC[C@H]4c4c(F)cc(OC)cc4F)o3)cc2)cc1. The van der Waals surface area contributed by atoms with Crippen molar-refractivity contribution >= 4 is 17.6 Å². The molecule has 5 rings (SSSR count). The molecule has 1 aliphatic heterocycles. The third-order valence-corrected chi connectivity index (χ3v) is 5.85. The van der Waals surface area contributed by atoms with Gasteiger partial charge in [-0.05, 0) is 36.4 Å². The number of halogens is 2. The molecular weight excluding hydrogens is 484 g/mol. The average Bonchev–Trinajstić information content (AvgIpc) is 3.52. The molecule has 4 aromatic rings. The highest BCUT2D eigenvalue weighted by Crippen LogP contribution is 2.33. The average molecular weight is 503 g/mol. The summed E-state index contributed by atoms with van der Waals surface area (Å²) in [5, 5.41) is 13.3. The Bertz CT molecular complexity index is 1460. The first-order valence-electron chi connectivity index (χ1n) is 11.1. The smallest absolute Gasteiger partial charge is 0.316 e. The first kappa shape index (κ1) is 23.7. The lowest BCUT2D eigenvalue weighted by molar-refractivity contribution is -0.119. The van der Waals surface area contributed by atoms with E-state index < -0.39 is 29.5 Å². The number of hydrogen-bond acceptors (Lipinski definition) is 7. The summed E-state index contributed by atoms with van der Waals surface area (Å²) < 4.78 is 45.6. The summed E-state index contributed by atoms with van der Waals surface area (Å²) in [6.07, 6.45) is 0. The zero-order chi connectivity index (χ0) is 25.9. The maximum absolute atomic E-state index is 14.7. The van der Waals surface area contributed by atoms with E-state index in [4.69, 9.17) is 20.5 Å². The topological polar surface area (TPSA) is 103 Å². The number of carbonyl (C=O) groups is 1. The summed E-state index contributed by atoms with van der Waals surface area (Å²) in [6, 6.07) is 14.6. The van der Waals surface area contributed by atoms with E-state index >= 15 is 0 Å². The molecule has 1 saturated heterocycles. The number of benzene rings is 3. The minimum Gasteiger partial charge on any atom is -0.497 e. The number of hydrogen-bond donors (Lipinski definition) is 2. The Morgan fingerprint density at radius 1 is 1.03 bits per heavy atom. The molecule has 186 valence electrons. The lowest BCUT2D eigenvalue weighted by Gasteiger charge is -2.19. The van der Waals surface area contributed by atoms with Gasteiger partial charge in [-0.15, -0.1) is 5.10 Å². The first-order valence-corrected chi connectivity index (χ1v) is 11.1.